The summed E-state index contributed by atoms with van der Waals surface area (Å²) in [6.45, 7) is 1.86. The zero-order chi connectivity index (χ0) is 18.6. The van der Waals surface area contributed by atoms with Crippen molar-refractivity contribution < 1.29 is 19.0 Å². The Labute approximate surface area is 153 Å². The molecule has 3 rings (SSSR count). The fourth-order valence-corrected chi connectivity index (χ4v) is 3.50. The lowest BCUT2D eigenvalue weighted by atomic mass is 9.85. The monoisotopic (exact) mass is 359 g/mol. The van der Waals surface area contributed by atoms with Gasteiger partial charge < -0.3 is 19.1 Å². The second-order valence-electron chi connectivity index (χ2n) is 6.48. The minimum atomic E-state index is -0.417. The molecule has 1 aliphatic heterocycles. The van der Waals surface area contributed by atoms with Gasteiger partial charge in [0.2, 0.25) is 0 Å². The molecule has 140 valence electrons. The highest BCUT2D eigenvalue weighted by Gasteiger charge is 2.48. The number of ether oxygens (including phenoxy) is 3. The number of methoxy groups -OCH3 is 3. The molecule has 7 heteroatoms. The molecule has 1 aromatic carbocycles. The van der Waals surface area contributed by atoms with E-state index in [1.807, 2.05) is 35.2 Å². The minimum Gasteiger partial charge on any atom is -0.382 e. The van der Waals surface area contributed by atoms with Crippen molar-refractivity contribution in [2.24, 2.45) is 0 Å². The molecule has 1 aromatic heterocycles. The lowest BCUT2D eigenvalue weighted by Crippen LogP contribution is -2.66. The van der Waals surface area contributed by atoms with Gasteiger partial charge in [0.05, 0.1) is 48.5 Å². The summed E-state index contributed by atoms with van der Waals surface area (Å²) < 4.78 is 17.8. The van der Waals surface area contributed by atoms with E-state index >= 15 is 0 Å². The first-order chi connectivity index (χ1) is 12.7. The SMILES string of the molecule is COCc1c(C(=O)N2CCC2(COC)COC)cnn1-c1ccccc1. The Morgan fingerprint density at radius 1 is 1.12 bits per heavy atom. The average Bonchev–Trinajstić information content (AvgIpc) is 3.05. The highest BCUT2D eigenvalue weighted by atomic mass is 16.5. The van der Waals surface area contributed by atoms with Crippen LogP contribution in [0.2, 0.25) is 0 Å². The highest BCUT2D eigenvalue weighted by Crippen LogP contribution is 2.34. The number of hydrogen-bond acceptors (Lipinski definition) is 5. The number of rotatable bonds is 8. The molecule has 0 bridgehead atoms. The van der Waals surface area contributed by atoms with Crippen LogP contribution in [0.25, 0.3) is 5.69 Å². The molecule has 26 heavy (non-hydrogen) atoms. The third-order valence-electron chi connectivity index (χ3n) is 4.83. The fraction of sp³-hybridized carbons (Fsp3) is 0.474. The molecule has 0 atom stereocenters. The Morgan fingerprint density at radius 2 is 1.81 bits per heavy atom. The molecule has 1 amide bonds. The van der Waals surface area contributed by atoms with Crippen molar-refractivity contribution in [1.29, 1.82) is 0 Å². The predicted molar refractivity (Wildman–Crippen MR) is 96.4 cm³/mol. The molecule has 2 heterocycles. The molecule has 0 saturated carbocycles. The maximum Gasteiger partial charge on any atom is 0.258 e. The quantitative estimate of drug-likeness (QED) is 0.720. The van der Waals surface area contributed by atoms with Crippen LogP contribution in [0.15, 0.2) is 36.5 Å². The van der Waals surface area contributed by atoms with Gasteiger partial charge in [-0.3, -0.25) is 4.79 Å². The molecular formula is C19H25N3O4. The second kappa shape index (κ2) is 7.99. The molecule has 0 aliphatic carbocycles. The van der Waals surface area contributed by atoms with Gasteiger partial charge in [0, 0.05) is 27.9 Å². The largest absolute Gasteiger partial charge is 0.382 e. The zero-order valence-corrected chi connectivity index (χ0v) is 15.5. The van der Waals surface area contributed by atoms with Gasteiger partial charge in [-0.1, -0.05) is 18.2 Å². The Balaban J connectivity index is 1.94. The Hall–Kier alpha value is -2.22. The fourth-order valence-electron chi connectivity index (χ4n) is 3.50. The van der Waals surface area contributed by atoms with Crippen molar-refractivity contribution in [3.8, 4) is 5.69 Å². The summed E-state index contributed by atoms with van der Waals surface area (Å²) in [5, 5.41) is 4.43. The van der Waals surface area contributed by atoms with E-state index in [9.17, 15) is 4.79 Å². The van der Waals surface area contributed by atoms with Crippen molar-refractivity contribution in [2.45, 2.75) is 18.6 Å². The summed E-state index contributed by atoms with van der Waals surface area (Å²) >= 11 is 0. The van der Waals surface area contributed by atoms with E-state index in [4.69, 9.17) is 14.2 Å². The van der Waals surface area contributed by atoms with Gasteiger partial charge >= 0.3 is 0 Å². The molecular weight excluding hydrogens is 334 g/mol. The van der Waals surface area contributed by atoms with E-state index in [0.717, 1.165) is 17.8 Å². The number of likely N-dealkylation sites (tertiary alicyclic amines) is 1. The smallest absolute Gasteiger partial charge is 0.258 e. The van der Waals surface area contributed by atoms with E-state index < -0.39 is 5.54 Å². The van der Waals surface area contributed by atoms with Crippen molar-refractivity contribution in [2.75, 3.05) is 41.1 Å². The van der Waals surface area contributed by atoms with Gasteiger partial charge in [-0.05, 0) is 18.6 Å². The molecule has 0 spiro atoms. The summed E-state index contributed by atoms with van der Waals surface area (Å²) in [7, 11) is 4.89. The Morgan fingerprint density at radius 3 is 2.35 bits per heavy atom. The predicted octanol–water partition coefficient (Wildman–Crippen LogP) is 1.90. The highest BCUT2D eigenvalue weighted by molar-refractivity contribution is 5.96. The third-order valence-corrected chi connectivity index (χ3v) is 4.83. The molecule has 7 nitrogen and oxygen atoms in total. The number of hydrogen-bond donors (Lipinski definition) is 0. The van der Waals surface area contributed by atoms with Crippen LogP contribution in [0.5, 0.6) is 0 Å². The number of para-hydroxylation sites is 1. The van der Waals surface area contributed by atoms with Crippen LogP contribution in [0.3, 0.4) is 0 Å². The zero-order valence-electron chi connectivity index (χ0n) is 15.5. The summed E-state index contributed by atoms with van der Waals surface area (Å²) in [6, 6.07) is 9.72. The van der Waals surface area contributed by atoms with Crippen molar-refractivity contribution in [3.63, 3.8) is 0 Å². The summed E-state index contributed by atoms with van der Waals surface area (Å²) in [4.78, 5) is 15.1. The average molecular weight is 359 g/mol. The molecule has 0 N–H and O–H groups in total. The van der Waals surface area contributed by atoms with Crippen molar-refractivity contribution in [1.82, 2.24) is 14.7 Å². The molecule has 2 aromatic rings. The second-order valence-corrected chi connectivity index (χ2v) is 6.48. The van der Waals surface area contributed by atoms with E-state index in [0.29, 0.717) is 31.9 Å². The number of amides is 1. The maximum absolute atomic E-state index is 13.2. The van der Waals surface area contributed by atoms with Crippen LogP contribution in [0.1, 0.15) is 22.5 Å². The first-order valence-electron chi connectivity index (χ1n) is 8.58. The number of carbonyl (C=O) groups is 1. The van der Waals surface area contributed by atoms with Gasteiger partial charge in [-0.2, -0.15) is 5.10 Å². The standard InChI is InChI=1S/C19H25N3O4/c1-24-12-17-16(11-20-22(17)15-7-5-4-6-8-15)18(23)21-10-9-19(21,13-25-2)14-26-3/h4-8,11H,9-10,12-14H2,1-3H3. The normalized spacial score (nSPS) is 15.7. The van der Waals surface area contributed by atoms with Gasteiger partial charge in [0.15, 0.2) is 0 Å². The van der Waals surface area contributed by atoms with Gasteiger partial charge in [-0.15, -0.1) is 0 Å². The van der Waals surface area contributed by atoms with Crippen LogP contribution in [0.4, 0.5) is 0 Å². The van der Waals surface area contributed by atoms with Crippen LogP contribution >= 0.6 is 0 Å². The third kappa shape index (κ3) is 3.25. The number of aromatic nitrogens is 2. The molecule has 0 radical (unpaired) electrons. The maximum atomic E-state index is 13.2. The van der Waals surface area contributed by atoms with Gasteiger partial charge in [0.25, 0.3) is 5.91 Å². The Bertz CT molecular complexity index is 738. The van der Waals surface area contributed by atoms with Crippen LogP contribution in [-0.4, -0.2) is 67.2 Å². The molecule has 1 saturated heterocycles. The van der Waals surface area contributed by atoms with Gasteiger partial charge in [0.1, 0.15) is 0 Å². The van der Waals surface area contributed by atoms with E-state index in [1.54, 1.807) is 32.2 Å². The minimum absolute atomic E-state index is 0.0698. The molecule has 1 fully saturated rings. The molecule has 0 unspecified atom stereocenters. The number of carbonyl (C=O) groups excluding carboxylic acids is 1. The van der Waals surface area contributed by atoms with Crippen molar-refractivity contribution in [3.05, 3.63) is 47.8 Å². The van der Waals surface area contributed by atoms with Crippen LogP contribution in [0, 0.1) is 0 Å². The van der Waals surface area contributed by atoms with Crippen LogP contribution in [-0.2, 0) is 20.8 Å². The van der Waals surface area contributed by atoms with E-state index in [1.165, 1.54) is 0 Å². The first-order valence-corrected chi connectivity index (χ1v) is 8.58. The Kier molecular flexibility index (Phi) is 5.70. The lowest BCUT2D eigenvalue weighted by Gasteiger charge is -2.51. The topological polar surface area (TPSA) is 65.8 Å². The van der Waals surface area contributed by atoms with E-state index in [2.05, 4.69) is 5.10 Å². The summed E-state index contributed by atoms with van der Waals surface area (Å²) in [6.07, 6.45) is 2.47. The van der Waals surface area contributed by atoms with Crippen molar-refractivity contribution >= 4 is 5.91 Å². The van der Waals surface area contributed by atoms with E-state index in [-0.39, 0.29) is 5.91 Å². The first kappa shape index (κ1) is 18.6. The summed E-state index contributed by atoms with van der Waals surface area (Å²) in [5.41, 5.74) is 1.76. The van der Waals surface area contributed by atoms with Gasteiger partial charge in [-0.25, -0.2) is 4.68 Å². The summed E-state index contributed by atoms with van der Waals surface area (Å²) in [5.74, 6) is -0.0698. The van der Waals surface area contributed by atoms with Crippen LogP contribution < -0.4 is 0 Å². The number of nitrogens with zero attached hydrogens (tertiary/aromatic N) is 3. The molecule has 1 aliphatic rings. The lowest BCUT2D eigenvalue weighted by molar-refractivity contribution is -0.0816. The number of benzene rings is 1.